The van der Waals surface area contributed by atoms with Crippen molar-refractivity contribution in [3.05, 3.63) is 29.6 Å². The molecule has 42 heavy (non-hydrogen) atoms. The Morgan fingerprint density at radius 1 is 0.905 bits per heavy atom. The summed E-state index contributed by atoms with van der Waals surface area (Å²) in [6.07, 6.45) is -14.6. The highest BCUT2D eigenvalue weighted by Crippen LogP contribution is 2.31. The maximum absolute atomic E-state index is 12.7. The fraction of sp³-hybridized carbons (Fsp3) is 0.571. The van der Waals surface area contributed by atoms with Gasteiger partial charge in [0, 0.05) is 6.20 Å². The van der Waals surface area contributed by atoms with E-state index < -0.39 is 85.7 Å². The number of halogens is 12. The molecule has 238 valence electrons. The van der Waals surface area contributed by atoms with E-state index >= 15 is 0 Å². The van der Waals surface area contributed by atoms with Crippen LogP contribution in [-0.4, -0.2) is 77.3 Å². The zero-order chi connectivity index (χ0) is 32.5. The molecule has 1 aromatic rings. The second kappa shape index (κ2) is 15.3. The molecule has 21 heteroatoms. The van der Waals surface area contributed by atoms with E-state index in [9.17, 15) is 67.5 Å². The zero-order valence-corrected chi connectivity index (χ0v) is 21.3. The van der Waals surface area contributed by atoms with Crippen LogP contribution in [0, 0.1) is 0 Å². The monoisotopic (exact) mass is 654 g/mol. The zero-order valence-electron chi connectivity index (χ0n) is 20.5. The Hall–Kier alpha value is -3.29. The molecule has 1 heterocycles. The number of carbonyl (C=O) groups is 4. The number of ether oxygens (including phenoxy) is 3. The van der Waals surface area contributed by atoms with Crippen LogP contribution in [0.1, 0.15) is 30.5 Å². The van der Waals surface area contributed by atoms with Gasteiger partial charge in [0.25, 0.3) is 0 Å². The molecule has 1 amide bonds. The van der Waals surface area contributed by atoms with E-state index in [4.69, 9.17) is 0 Å². The van der Waals surface area contributed by atoms with Crippen molar-refractivity contribution in [3.8, 4) is 0 Å². The fourth-order valence-corrected chi connectivity index (χ4v) is 3.34. The highest BCUT2D eigenvalue weighted by Gasteiger charge is 2.41. The van der Waals surface area contributed by atoms with Gasteiger partial charge < -0.3 is 19.1 Å². The highest BCUT2D eigenvalue weighted by atomic mass is 35.5. The molecule has 1 aliphatic rings. The lowest BCUT2D eigenvalue weighted by molar-refractivity contribution is -0.193. The summed E-state index contributed by atoms with van der Waals surface area (Å²) in [6, 6.07) is 0.389. The molecule has 0 aliphatic heterocycles. The number of hydrogen-bond donors (Lipinski definition) is 0. The van der Waals surface area contributed by atoms with Gasteiger partial charge in [-0.15, -0.1) is 0 Å². The van der Waals surface area contributed by atoms with Crippen LogP contribution in [0.4, 0.5) is 48.3 Å². The molecular weight excluding hydrogens is 637 g/mol. The number of esters is 2. The summed E-state index contributed by atoms with van der Waals surface area (Å²) >= 11 is 4.48. The Balaban J connectivity index is 0.000000679. The first-order valence-corrected chi connectivity index (χ1v) is 11.4. The fourth-order valence-electron chi connectivity index (χ4n) is 3.28. The van der Waals surface area contributed by atoms with E-state index in [1.165, 1.54) is 0 Å². The SMILES string of the molecule is O=C(Cl)C(=O)OCC(F)(F)F.O=C(OCC(F)(F)F)C(=O)N(Cc1ccc(C(F)(F)F)cn1)[C@@H]1CCC[C@H]1OC(F)F. The number of amides is 1. The number of pyridine rings is 1. The molecule has 2 atom stereocenters. The molecule has 1 fully saturated rings. The van der Waals surface area contributed by atoms with Gasteiger partial charge in [0.15, 0.2) is 13.2 Å². The average Bonchev–Trinajstić information content (AvgIpc) is 3.30. The van der Waals surface area contributed by atoms with Gasteiger partial charge in [0.1, 0.15) is 0 Å². The van der Waals surface area contributed by atoms with Crippen molar-refractivity contribution < 1.29 is 81.7 Å². The van der Waals surface area contributed by atoms with Gasteiger partial charge in [0.2, 0.25) is 0 Å². The van der Waals surface area contributed by atoms with Crippen molar-refractivity contribution >= 4 is 34.7 Å². The molecule has 0 N–H and O–H groups in total. The molecule has 0 radical (unpaired) electrons. The van der Waals surface area contributed by atoms with E-state index in [1.807, 2.05) is 0 Å². The van der Waals surface area contributed by atoms with Crippen molar-refractivity contribution in [2.75, 3.05) is 13.2 Å². The van der Waals surface area contributed by atoms with Gasteiger partial charge in [0.05, 0.1) is 29.9 Å². The second-order valence-corrected chi connectivity index (χ2v) is 8.40. The minimum Gasteiger partial charge on any atom is -0.449 e. The highest BCUT2D eigenvalue weighted by molar-refractivity contribution is 6.80. The molecular formula is C21H18ClF11N2O7. The normalized spacial score (nSPS) is 17.3. The molecule has 1 aromatic heterocycles. The molecule has 9 nitrogen and oxygen atoms in total. The molecule has 0 unspecified atom stereocenters. The number of rotatable bonds is 8. The minimum absolute atomic E-state index is 0.0658. The number of carbonyl (C=O) groups excluding carboxylic acids is 4. The van der Waals surface area contributed by atoms with E-state index in [2.05, 4.69) is 30.8 Å². The molecule has 0 saturated heterocycles. The topological polar surface area (TPSA) is 112 Å². The first-order valence-electron chi connectivity index (χ1n) is 11.0. The Morgan fingerprint density at radius 2 is 1.45 bits per heavy atom. The standard InChI is InChI=1S/C17H16F8N2O4.C4H2ClF3O3/c18-15(19)31-12-3-1-2-11(12)27(13(28)14(29)30-8-16(20,21)22)7-10-5-4-9(6-26-10)17(23,24)25;5-2(9)3(10)11-1-4(6,7)8/h4-6,11-12,15H,1-3,7-8H2;1H2/t11-,12-;/m1./s1. The lowest BCUT2D eigenvalue weighted by Gasteiger charge is -2.32. The lowest BCUT2D eigenvalue weighted by Crippen LogP contribution is -2.48. The quantitative estimate of drug-likeness (QED) is 0.174. The third-order valence-corrected chi connectivity index (χ3v) is 5.06. The van der Waals surface area contributed by atoms with Gasteiger partial charge in [-0.1, -0.05) is 0 Å². The Labute approximate surface area is 232 Å². The minimum atomic E-state index is -4.91. The van der Waals surface area contributed by atoms with Crippen LogP contribution in [-0.2, 0) is 46.1 Å². The molecule has 0 aromatic carbocycles. The molecule has 2 rings (SSSR count). The van der Waals surface area contributed by atoms with Crippen LogP contribution in [0.25, 0.3) is 0 Å². The molecule has 1 saturated carbocycles. The molecule has 0 spiro atoms. The summed E-state index contributed by atoms with van der Waals surface area (Å²) < 4.78 is 146. The second-order valence-electron chi connectivity index (χ2n) is 8.06. The molecule has 1 aliphatic carbocycles. The predicted octanol–water partition coefficient (Wildman–Crippen LogP) is 4.55. The van der Waals surface area contributed by atoms with Crippen molar-refractivity contribution in [2.24, 2.45) is 0 Å². The molecule has 0 bridgehead atoms. The van der Waals surface area contributed by atoms with Gasteiger partial charge >= 0.3 is 48.2 Å². The third kappa shape index (κ3) is 13.6. The summed E-state index contributed by atoms with van der Waals surface area (Å²) in [5.41, 5.74) is -1.26. The number of hydrogen-bond acceptors (Lipinski definition) is 8. The van der Waals surface area contributed by atoms with Crippen molar-refractivity contribution in [3.63, 3.8) is 0 Å². The van der Waals surface area contributed by atoms with Crippen molar-refractivity contribution in [2.45, 2.75) is 63.1 Å². The van der Waals surface area contributed by atoms with E-state index in [-0.39, 0.29) is 18.5 Å². The maximum atomic E-state index is 12.7. The summed E-state index contributed by atoms with van der Waals surface area (Å²) in [6.45, 7) is -7.70. The van der Waals surface area contributed by atoms with Gasteiger partial charge in [-0.05, 0) is 43.0 Å². The van der Waals surface area contributed by atoms with Crippen molar-refractivity contribution in [1.82, 2.24) is 9.88 Å². The predicted molar refractivity (Wildman–Crippen MR) is 113 cm³/mol. The van der Waals surface area contributed by atoms with Gasteiger partial charge in [-0.3, -0.25) is 14.6 Å². The summed E-state index contributed by atoms with van der Waals surface area (Å²) in [5.74, 6) is -5.18. The first kappa shape index (κ1) is 36.7. The first-order chi connectivity index (χ1) is 19.1. The summed E-state index contributed by atoms with van der Waals surface area (Å²) in [5, 5.41) is -1.57. The maximum Gasteiger partial charge on any atom is 0.422 e. The summed E-state index contributed by atoms with van der Waals surface area (Å²) in [4.78, 5) is 48.2. The lowest BCUT2D eigenvalue weighted by atomic mass is 10.1. The van der Waals surface area contributed by atoms with Crippen LogP contribution in [0.3, 0.4) is 0 Å². The number of aromatic nitrogens is 1. The van der Waals surface area contributed by atoms with Crippen LogP contribution in [0.2, 0.25) is 0 Å². The van der Waals surface area contributed by atoms with Crippen LogP contribution < -0.4 is 0 Å². The van der Waals surface area contributed by atoms with Gasteiger partial charge in [-0.25, -0.2) is 9.59 Å². The number of alkyl halides is 11. The van der Waals surface area contributed by atoms with E-state index in [0.29, 0.717) is 23.6 Å². The van der Waals surface area contributed by atoms with Crippen LogP contribution in [0.15, 0.2) is 18.3 Å². The Bertz CT molecular complexity index is 1080. The van der Waals surface area contributed by atoms with Crippen LogP contribution >= 0.6 is 11.6 Å². The smallest absolute Gasteiger partial charge is 0.422 e. The van der Waals surface area contributed by atoms with E-state index in [0.717, 1.165) is 6.07 Å². The van der Waals surface area contributed by atoms with Gasteiger partial charge in [-0.2, -0.15) is 48.3 Å². The van der Waals surface area contributed by atoms with Crippen LogP contribution in [0.5, 0.6) is 0 Å². The Morgan fingerprint density at radius 3 is 1.88 bits per heavy atom. The van der Waals surface area contributed by atoms with E-state index in [1.54, 1.807) is 0 Å². The van der Waals surface area contributed by atoms with Crippen molar-refractivity contribution in [1.29, 1.82) is 0 Å². The Kier molecular flexibility index (Phi) is 13.3. The number of nitrogens with zero attached hydrogens (tertiary/aromatic N) is 2. The third-order valence-electron chi connectivity index (χ3n) is 4.91. The largest absolute Gasteiger partial charge is 0.449 e. The average molecular weight is 655 g/mol. The summed E-state index contributed by atoms with van der Waals surface area (Å²) in [7, 11) is 0.